The van der Waals surface area contributed by atoms with Crippen molar-refractivity contribution in [1.82, 2.24) is 5.32 Å². The number of likely N-dealkylation sites (N-methyl/N-ethyl adjacent to an activating group) is 1. The van der Waals surface area contributed by atoms with Gasteiger partial charge in [0, 0.05) is 11.6 Å². The second kappa shape index (κ2) is 5.38. The third-order valence-electron chi connectivity index (χ3n) is 2.73. The van der Waals surface area contributed by atoms with Crippen LogP contribution in [0.2, 0.25) is 0 Å². The topological polar surface area (TPSA) is 12.0 Å². The van der Waals surface area contributed by atoms with Crippen LogP contribution in [0.1, 0.15) is 17.2 Å². The Labute approximate surface area is 103 Å². The molecule has 0 aliphatic rings. The lowest BCUT2D eigenvalue weighted by Crippen LogP contribution is -2.20. The van der Waals surface area contributed by atoms with Crippen LogP contribution in [0, 0.1) is 11.6 Å². The third-order valence-corrected chi connectivity index (χ3v) is 3.46. The number of benzene rings is 1. The van der Waals surface area contributed by atoms with E-state index in [1.165, 1.54) is 6.07 Å². The van der Waals surface area contributed by atoms with Gasteiger partial charge in [-0.3, -0.25) is 0 Å². The molecule has 4 heteroatoms. The van der Waals surface area contributed by atoms with Crippen molar-refractivity contribution in [3.63, 3.8) is 0 Å². The Hall–Kier alpha value is -1.26. The van der Waals surface area contributed by atoms with Crippen LogP contribution in [0.3, 0.4) is 0 Å². The molecule has 0 amide bonds. The summed E-state index contributed by atoms with van der Waals surface area (Å²) >= 11 is 1.60. The molecule has 1 heterocycles. The van der Waals surface area contributed by atoms with Gasteiger partial charge in [0.15, 0.2) is 11.6 Å². The SMILES string of the molecule is CNC(Cc1ccsc1)c1cccc(F)c1F. The van der Waals surface area contributed by atoms with E-state index in [9.17, 15) is 8.78 Å². The van der Waals surface area contributed by atoms with Gasteiger partial charge in [-0.15, -0.1) is 0 Å². The molecule has 1 unspecified atom stereocenters. The van der Waals surface area contributed by atoms with Gasteiger partial charge in [-0.2, -0.15) is 11.3 Å². The standard InChI is InChI=1S/C13H13F2NS/c1-16-12(7-9-5-6-17-8-9)10-3-2-4-11(14)13(10)15/h2-6,8,12,16H,7H2,1H3. The van der Waals surface area contributed by atoms with Crippen molar-refractivity contribution in [2.45, 2.75) is 12.5 Å². The van der Waals surface area contributed by atoms with Gasteiger partial charge in [0.2, 0.25) is 0 Å². The Morgan fingerprint density at radius 3 is 2.76 bits per heavy atom. The van der Waals surface area contributed by atoms with Gasteiger partial charge in [0.1, 0.15) is 0 Å². The first-order valence-corrected chi connectivity index (χ1v) is 6.29. The van der Waals surface area contributed by atoms with Gasteiger partial charge in [-0.25, -0.2) is 8.78 Å². The predicted molar refractivity (Wildman–Crippen MR) is 66.2 cm³/mol. The summed E-state index contributed by atoms with van der Waals surface area (Å²) in [6.45, 7) is 0. The van der Waals surface area contributed by atoms with Crippen LogP contribution < -0.4 is 5.32 Å². The van der Waals surface area contributed by atoms with E-state index < -0.39 is 11.6 Å². The second-order valence-corrected chi connectivity index (χ2v) is 4.60. The molecule has 0 radical (unpaired) electrons. The van der Waals surface area contributed by atoms with Crippen LogP contribution in [0.5, 0.6) is 0 Å². The Balaban J connectivity index is 2.26. The van der Waals surface area contributed by atoms with Crippen LogP contribution in [-0.2, 0) is 6.42 Å². The van der Waals surface area contributed by atoms with Crippen molar-refractivity contribution < 1.29 is 8.78 Å². The van der Waals surface area contributed by atoms with Gasteiger partial charge in [0.25, 0.3) is 0 Å². The Bertz CT molecular complexity index is 482. The summed E-state index contributed by atoms with van der Waals surface area (Å²) in [5.74, 6) is -1.56. The van der Waals surface area contributed by atoms with Crippen LogP contribution >= 0.6 is 11.3 Å². The molecular weight excluding hydrogens is 240 g/mol. The van der Waals surface area contributed by atoms with Crippen molar-refractivity contribution >= 4 is 11.3 Å². The van der Waals surface area contributed by atoms with Crippen molar-refractivity contribution in [3.05, 3.63) is 57.8 Å². The summed E-state index contributed by atoms with van der Waals surface area (Å²) in [4.78, 5) is 0. The molecule has 1 aromatic heterocycles. The molecule has 17 heavy (non-hydrogen) atoms. The smallest absolute Gasteiger partial charge is 0.163 e. The molecule has 0 saturated heterocycles. The highest BCUT2D eigenvalue weighted by Crippen LogP contribution is 2.23. The first kappa shape index (κ1) is 12.2. The Morgan fingerprint density at radius 1 is 1.29 bits per heavy atom. The van der Waals surface area contributed by atoms with E-state index in [1.807, 2.05) is 16.8 Å². The predicted octanol–water partition coefficient (Wildman–Crippen LogP) is 3.53. The quantitative estimate of drug-likeness (QED) is 0.879. The lowest BCUT2D eigenvalue weighted by atomic mass is 10.00. The van der Waals surface area contributed by atoms with E-state index in [-0.39, 0.29) is 6.04 Å². The van der Waals surface area contributed by atoms with Crippen LogP contribution in [-0.4, -0.2) is 7.05 Å². The van der Waals surface area contributed by atoms with Gasteiger partial charge in [-0.1, -0.05) is 12.1 Å². The molecule has 0 saturated carbocycles. The molecular formula is C13H13F2NS. The van der Waals surface area contributed by atoms with Crippen molar-refractivity contribution in [3.8, 4) is 0 Å². The molecule has 2 aromatic rings. The average Bonchev–Trinajstić information content (AvgIpc) is 2.83. The number of hydrogen-bond donors (Lipinski definition) is 1. The van der Waals surface area contributed by atoms with Crippen LogP contribution in [0.15, 0.2) is 35.0 Å². The maximum absolute atomic E-state index is 13.7. The van der Waals surface area contributed by atoms with Crippen LogP contribution in [0.25, 0.3) is 0 Å². The van der Waals surface area contributed by atoms with Gasteiger partial charge >= 0.3 is 0 Å². The molecule has 1 aromatic carbocycles. The fourth-order valence-electron chi connectivity index (χ4n) is 1.80. The fraction of sp³-hybridized carbons (Fsp3) is 0.231. The first-order valence-electron chi connectivity index (χ1n) is 5.34. The number of rotatable bonds is 4. The maximum atomic E-state index is 13.7. The minimum absolute atomic E-state index is 0.208. The van der Waals surface area contributed by atoms with Crippen molar-refractivity contribution in [1.29, 1.82) is 0 Å². The zero-order valence-electron chi connectivity index (χ0n) is 9.41. The number of thiophene rings is 1. The summed E-state index contributed by atoms with van der Waals surface area (Å²) in [5.41, 5.74) is 1.50. The van der Waals surface area contributed by atoms with E-state index in [0.717, 1.165) is 11.6 Å². The summed E-state index contributed by atoms with van der Waals surface area (Å²) in [5, 5.41) is 7.01. The molecule has 1 N–H and O–H groups in total. The normalized spacial score (nSPS) is 12.6. The highest BCUT2D eigenvalue weighted by atomic mass is 32.1. The van der Waals surface area contributed by atoms with Crippen LogP contribution in [0.4, 0.5) is 8.78 Å². The van der Waals surface area contributed by atoms with Crippen molar-refractivity contribution in [2.24, 2.45) is 0 Å². The minimum atomic E-state index is -0.798. The molecule has 0 aliphatic carbocycles. The third kappa shape index (κ3) is 2.70. The molecule has 1 nitrogen and oxygen atoms in total. The lowest BCUT2D eigenvalue weighted by molar-refractivity contribution is 0.473. The molecule has 0 spiro atoms. The summed E-state index contributed by atoms with van der Waals surface area (Å²) in [6.07, 6.45) is 0.653. The highest BCUT2D eigenvalue weighted by molar-refractivity contribution is 7.07. The molecule has 2 rings (SSSR count). The average molecular weight is 253 g/mol. The van der Waals surface area contributed by atoms with Gasteiger partial charge in [-0.05, 0) is 41.9 Å². The Kier molecular flexibility index (Phi) is 3.86. The van der Waals surface area contributed by atoms with E-state index in [4.69, 9.17) is 0 Å². The van der Waals surface area contributed by atoms with E-state index in [1.54, 1.807) is 24.5 Å². The minimum Gasteiger partial charge on any atom is -0.313 e. The molecule has 1 atom stereocenters. The zero-order chi connectivity index (χ0) is 12.3. The number of nitrogens with one attached hydrogen (secondary N) is 1. The summed E-state index contributed by atoms with van der Waals surface area (Å²) in [7, 11) is 1.75. The molecule has 0 fully saturated rings. The second-order valence-electron chi connectivity index (χ2n) is 3.82. The van der Waals surface area contributed by atoms with Gasteiger partial charge < -0.3 is 5.32 Å². The summed E-state index contributed by atoms with van der Waals surface area (Å²) < 4.78 is 26.8. The highest BCUT2D eigenvalue weighted by Gasteiger charge is 2.17. The fourth-order valence-corrected chi connectivity index (χ4v) is 2.48. The Morgan fingerprint density at radius 2 is 2.12 bits per heavy atom. The van der Waals surface area contributed by atoms with E-state index in [2.05, 4.69) is 5.32 Å². The van der Waals surface area contributed by atoms with Crippen molar-refractivity contribution in [2.75, 3.05) is 7.05 Å². The molecule has 0 bridgehead atoms. The monoisotopic (exact) mass is 253 g/mol. The first-order chi connectivity index (χ1) is 8.22. The lowest BCUT2D eigenvalue weighted by Gasteiger charge is -2.16. The summed E-state index contributed by atoms with van der Waals surface area (Å²) in [6, 6.07) is 6.07. The molecule has 0 aliphatic heterocycles. The largest absolute Gasteiger partial charge is 0.313 e. The zero-order valence-corrected chi connectivity index (χ0v) is 10.2. The van der Waals surface area contributed by atoms with Gasteiger partial charge in [0.05, 0.1) is 0 Å². The number of halogens is 2. The van der Waals surface area contributed by atoms with E-state index in [0.29, 0.717) is 12.0 Å². The van der Waals surface area contributed by atoms with E-state index >= 15 is 0 Å². The number of hydrogen-bond acceptors (Lipinski definition) is 2. The maximum Gasteiger partial charge on any atom is 0.163 e. The molecule has 90 valence electrons.